The lowest BCUT2D eigenvalue weighted by molar-refractivity contribution is 0.0948. The average molecular weight is 531 g/mol. The zero-order valence-corrected chi connectivity index (χ0v) is 18.3. The molecule has 27 heavy (non-hydrogen) atoms. The zero-order chi connectivity index (χ0) is 19.4. The minimum atomic E-state index is -0.423. The number of carbonyl (C=O) groups excluding carboxylic acids is 1. The molecule has 2 aromatic carbocycles. The van der Waals surface area contributed by atoms with Gasteiger partial charge in [-0.1, -0.05) is 57.3 Å². The van der Waals surface area contributed by atoms with Crippen LogP contribution in [-0.2, 0) is 6.54 Å². The van der Waals surface area contributed by atoms with Gasteiger partial charge in [-0.25, -0.2) is 5.43 Å². The van der Waals surface area contributed by atoms with Gasteiger partial charge in [-0.3, -0.25) is 9.48 Å². The molecule has 0 spiro atoms. The molecule has 3 aromatic rings. The number of hydrogen-bond acceptors (Lipinski definition) is 3. The van der Waals surface area contributed by atoms with Crippen LogP contribution in [0.5, 0.6) is 0 Å². The number of halogens is 4. The van der Waals surface area contributed by atoms with Crippen LogP contribution >= 0.6 is 55.1 Å². The maximum absolute atomic E-state index is 12.3. The Morgan fingerprint density at radius 1 is 1.15 bits per heavy atom. The van der Waals surface area contributed by atoms with Crippen molar-refractivity contribution in [3.05, 3.63) is 84.5 Å². The summed E-state index contributed by atoms with van der Waals surface area (Å²) in [5.74, 6) is -0.423. The minimum absolute atomic E-state index is 0.249. The highest BCUT2D eigenvalue weighted by molar-refractivity contribution is 9.10. The van der Waals surface area contributed by atoms with Crippen LogP contribution in [0.4, 0.5) is 0 Å². The monoisotopic (exact) mass is 528 g/mol. The molecule has 3 rings (SSSR count). The number of aromatic nitrogens is 2. The van der Waals surface area contributed by atoms with Gasteiger partial charge in [0.2, 0.25) is 0 Å². The third kappa shape index (κ3) is 5.42. The second kappa shape index (κ2) is 9.01. The van der Waals surface area contributed by atoms with E-state index >= 15 is 0 Å². The zero-order valence-electron chi connectivity index (χ0n) is 13.7. The molecular weight excluding hydrogens is 519 g/mol. The molecule has 0 saturated carbocycles. The van der Waals surface area contributed by atoms with Crippen molar-refractivity contribution in [1.82, 2.24) is 15.2 Å². The maximum Gasteiger partial charge on any atom is 0.293 e. The second-order valence-electron chi connectivity index (χ2n) is 5.52. The molecule has 0 bridgehead atoms. The molecule has 0 aliphatic rings. The number of benzene rings is 2. The van der Waals surface area contributed by atoms with Crippen molar-refractivity contribution in [3.63, 3.8) is 0 Å². The predicted molar refractivity (Wildman–Crippen MR) is 115 cm³/mol. The predicted octanol–water partition coefficient (Wildman–Crippen LogP) is 5.53. The normalized spacial score (nSPS) is 11.1. The number of nitrogens with zero attached hydrogens (tertiary/aromatic N) is 3. The summed E-state index contributed by atoms with van der Waals surface area (Å²) in [6.45, 7) is 0.547. The van der Waals surface area contributed by atoms with Gasteiger partial charge in [0.05, 0.1) is 27.3 Å². The molecule has 0 unspecified atom stereocenters. The Morgan fingerprint density at radius 3 is 2.59 bits per heavy atom. The van der Waals surface area contributed by atoms with Gasteiger partial charge in [0.1, 0.15) is 0 Å². The molecule has 0 fully saturated rings. The lowest BCUT2D eigenvalue weighted by Crippen LogP contribution is -2.19. The Morgan fingerprint density at radius 2 is 1.89 bits per heavy atom. The van der Waals surface area contributed by atoms with E-state index in [4.69, 9.17) is 23.2 Å². The van der Waals surface area contributed by atoms with E-state index < -0.39 is 5.91 Å². The van der Waals surface area contributed by atoms with Crippen molar-refractivity contribution in [1.29, 1.82) is 0 Å². The van der Waals surface area contributed by atoms with Crippen LogP contribution in [0.3, 0.4) is 0 Å². The van der Waals surface area contributed by atoms with Crippen molar-refractivity contribution in [2.24, 2.45) is 5.10 Å². The first kappa shape index (κ1) is 20.1. The summed E-state index contributed by atoms with van der Waals surface area (Å²) in [7, 11) is 0. The number of nitrogens with one attached hydrogen (secondary N) is 1. The van der Waals surface area contributed by atoms with Gasteiger partial charge in [-0.2, -0.15) is 10.2 Å². The number of carbonyl (C=O) groups is 1. The van der Waals surface area contributed by atoms with E-state index in [-0.39, 0.29) is 5.69 Å². The van der Waals surface area contributed by atoms with E-state index in [0.717, 1.165) is 10.0 Å². The summed E-state index contributed by atoms with van der Waals surface area (Å²) in [4.78, 5) is 12.3. The minimum Gasteiger partial charge on any atom is -0.266 e. The maximum atomic E-state index is 12.3. The van der Waals surface area contributed by atoms with Gasteiger partial charge < -0.3 is 0 Å². The summed E-state index contributed by atoms with van der Waals surface area (Å²) in [6, 6.07) is 12.9. The fourth-order valence-electron chi connectivity index (χ4n) is 2.22. The lowest BCUT2D eigenvalue weighted by Gasteiger charge is -2.02. The molecule has 138 valence electrons. The van der Waals surface area contributed by atoms with Crippen molar-refractivity contribution in [3.8, 4) is 0 Å². The van der Waals surface area contributed by atoms with Crippen molar-refractivity contribution in [2.45, 2.75) is 6.54 Å². The molecular formula is C18H12Br2Cl2N4O. The van der Waals surface area contributed by atoms with E-state index in [1.807, 2.05) is 24.3 Å². The third-order valence-corrected chi connectivity index (χ3v) is 5.36. The highest BCUT2D eigenvalue weighted by Gasteiger charge is 2.15. The molecule has 0 aliphatic heterocycles. The smallest absolute Gasteiger partial charge is 0.266 e. The Kier molecular flexibility index (Phi) is 6.70. The quantitative estimate of drug-likeness (QED) is 0.348. The van der Waals surface area contributed by atoms with E-state index in [0.29, 0.717) is 26.6 Å². The van der Waals surface area contributed by atoms with Gasteiger partial charge in [0.15, 0.2) is 5.69 Å². The summed E-state index contributed by atoms with van der Waals surface area (Å²) in [5.41, 5.74) is 4.48. The van der Waals surface area contributed by atoms with E-state index in [1.165, 1.54) is 6.21 Å². The molecule has 5 nitrogen and oxygen atoms in total. The van der Waals surface area contributed by atoms with Gasteiger partial charge in [-0.05, 0) is 51.3 Å². The van der Waals surface area contributed by atoms with Crippen LogP contribution < -0.4 is 5.43 Å². The SMILES string of the molecule is O=C(N/N=C\c1ccc(Cl)c(Cl)c1)c1nn(Cc2ccc(Br)cc2)cc1Br. The van der Waals surface area contributed by atoms with Crippen LogP contribution in [0.1, 0.15) is 21.6 Å². The van der Waals surface area contributed by atoms with Crippen LogP contribution in [-0.4, -0.2) is 21.9 Å². The van der Waals surface area contributed by atoms with Crippen LogP contribution in [0.2, 0.25) is 10.0 Å². The van der Waals surface area contributed by atoms with Gasteiger partial charge >= 0.3 is 0 Å². The second-order valence-corrected chi connectivity index (χ2v) is 8.11. The van der Waals surface area contributed by atoms with Crippen LogP contribution in [0.15, 0.2) is 62.7 Å². The van der Waals surface area contributed by atoms with Crippen molar-refractivity contribution >= 4 is 67.2 Å². The largest absolute Gasteiger partial charge is 0.293 e. The Balaban J connectivity index is 1.66. The first-order valence-corrected chi connectivity index (χ1v) is 10.0. The number of rotatable bonds is 5. The Labute approximate surface area is 182 Å². The number of amides is 1. The lowest BCUT2D eigenvalue weighted by atomic mass is 10.2. The van der Waals surface area contributed by atoms with Crippen molar-refractivity contribution in [2.75, 3.05) is 0 Å². The fraction of sp³-hybridized carbons (Fsp3) is 0.0556. The first-order valence-electron chi connectivity index (χ1n) is 7.68. The topological polar surface area (TPSA) is 59.3 Å². The highest BCUT2D eigenvalue weighted by atomic mass is 79.9. The molecule has 1 aromatic heterocycles. The number of hydrogen-bond donors (Lipinski definition) is 1. The first-order chi connectivity index (χ1) is 12.9. The van der Waals surface area contributed by atoms with E-state index in [9.17, 15) is 4.79 Å². The summed E-state index contributed by atoms with van der Waals surface area (Å²) in [6.07, 6.45) is 3.23. The average Bonchev–Trinajstić information content (AvgIpc) is 3.00. The highest BCUT2D eigenvalue weighted by Crippen LogP contribution is 2.22. The van der Waals surface area contributed by atoms with Gasteiger partial charge in [-0.15, -0.1) is 0 Å². The van der Waals surface area contributed by atoms with Crippen LogP contribution in [0, 0.1) is 0 Å². The van der Waals surface area contributed by atoms with Crippen LogP contribution in [0.25, 0.3) is 0 Å². The number of hydrazone groups is 1. The summed E-state index contributed by atoms with van der Waals surface area (Å²) >= 11 is 18.6. The third-order valence-electron chi connectivity index (χ3n) is 3.51. The van der Waals surface area contributed by atoms with E-state index in [2.05, 4.69) is 47.5 Å². The molecule has 9 heteroatoms. The molecule has 1 N–H and O–H groups in total. The van der Waals surface area contributed by atoms with Crippen molar-refractivity contribution < 1.29 is 4.79 Å². The molecule has 0 radical (unpaired) electrons. The summed E-state index contributed by atoms with van der Waals surface area (Å²) < 4.78 is 3.28. The van der Waals surface area contributed by atoms with Gasteiger partial charge in [0.25, 0.3) is 5.91 Å². The van der Waals surface area contributed by atoms with Gasteiger partial charge in [0, 0.05) is 10.7 Å². The molecule has 0 aliphatic carbocycles. The molecule has 0 saturated heterocycles. The molecule has 1 amide bonds. The Hall–Kier alpha value is -1.67. The standard InChI is InChI=1S/C18H12Br2Cl2N4O/c19-13-4-1-11(2-5-13)9-26-10-14(20)17(25-26)18(27)24-23-8-12-3-6-15(21)16(22)7-12/h1-8,10H,9H2,(H,24,27)/b23-8-. The fourth-order valence-corrected chi connectivity index (χ4v) is 3.29. The summed E-state index contributed by atoms with van der Waals surface area (Å²) in [5, 5.41) is 9.12. The molecule has 1 heterocycles. The Bertz CT molecular complexity index is 1000. The van der Waals surface area contributed by atoms with E-state index in [1.54, 1.807) is 29.1 Å². The molecule has 0 atom stereocenters.